The molecule has 0 aromatic heterocycles. The van der Waals surface area contributed by atoms with Crippen LogP contribution in [0.4, 0.5) is 0 Å². The first-order valence-electron chi connectivity index (χ1n) is 9.01. The lowest BCUT2D eigenvalue weighted by Crippen LogP contribution is -2.51. The highest BCUT2D eigenvalue weighted by Crippen LogP contribution is 2.28. The summed E-state index contributed by atoms with van der Waals surface area (Å²) in [4.78, 5) is 28.6. The molecular weight excluding hydrogens is 334 g/mol. The second-order valence-corrected chi connectivity index (χ2v) is 6.51. The Morgan fingerprint density at radius 2 is 1.77 bits per heavy atom. The number of ether oxygens (including phenoxy) is 2. The Morgan fingerprint density at radius 1 is 1.12 bits per heavy atom. The van der Waals surface area contributed by atoms with E-state index in [9.17, 15) is 9.59 Å². The van der Waals surface area contributed by atoms with Gasteiger partial charge in [0, 0.05) is 37.8 Å². The fraction of sp³-hybridized carbons (Fsp3) is 0.579. The van der Waals surface area contributed by atoms with Crippen molar-refractivity contribution in [1.82, 2.24) is 15.1 Å². The van der Waals surface area contributed by atoms with E-state index in [1.165, 1.54) is 0 Å². The van der Waals surface area contributed by atoms with Crippen molar-refractivity contribution < 1.29 is 19.1 Å². The standard InChI is InChI=1S/C19H29N3O4/c1-5-14(2)20-18(23)13-21-8-10-22(11-9-21)19(24)15-6-7-16(25-3)17(12-15)26-4/h6-7,12,14H,5,8-11,13H2,1-4H3,(H,20,23). The molecule has 7 nitrogen and oxygen atoms in total. The summed E-state index contributed by atoms with van der Waals surface area (Å²) in [5.74, 6) is 1.15. The number of nitrogens with zero attached hydrogens (tertiary/aromatic N) is 2. The van der Waals surface area contributed by atoms with Crippen LogP contribution in [0, 0.1) is 0 Å². The van der Waals surface area contributed by atoms with Gasteiger partial charge in [0.2, 0.25) is 5.91 Å². The van der Waals surface area contributed by atoms with Crippen molar-refractivity contribution in [1.29, 1.82) is 0 Å². The Hall–Kier alpha value is -2.28. The lowest BCUT2D eigenvalue weighted by Gasteiger charge is -2.34. The molecule has 26 heavy (non-hydrogen) atoms. The van der Waals surface area contributed by atoms with Crippen LogP contribution in [-0.4, -0.2) is 74.6 Å². The molecule has 0 saturated carbocycles. The Kier molecular flexibility index (Phi) is 7.26. The molecule has 0 aliphatic carbocycles. The fourth-order valence-electron chi connectivity index (χ4n) is 2.89. The summed E-state index contributed by atoms with van der Waals surface area (Å²) in [5.41, 5.74) is 0.575. The first-order valence-corrected chi connectivity index (χ1v) is 9.01. The van der Waals surface area contributed by atoms with Gasteiger partial charge >= 0.3 is 0 Å². The van der Waals surface area contributed by atoms with Gasteiger partial charge in [-0.2, -0.15) is 0 Å². The van der Waals surface area contributed by atoms with E-state index in [4.69, 9.17) is 9.47 Å². The van der Waals surface area contributed by atoms with E-state index in [1.54, 1.807) is 32.4 Å². The molecule has 1 N–H and O–H groups in total. The van der Waals surface area contributed by atoms with Crippen molar-refractivity contribution in [2.24, 2.45) is 0 Å². The summed E-state index contributed by atoms with van der Waals surface area (Å²) in [6, 6.07) is 5.38. The van der Waals surface area contributed by atoms with Crippen molar-refractivity contribution in [2.75, 3.05) is 46.9 Å². The maximum absolute atomic E-state index is 12.7. The fourth-order valence-corrected chi connectivity index (χ4v) is 2.89. The number of carbonyl (C=O) groups is 2. The summed E-state index contributed by atoms with van der Waals surface area (Å²) < 4.78 is 10.5. The lowest BCUT2D eigenvalue weighted by atomic mass is 10.1. The first-order chi connectivity index (χ1) is 12.5. The third-order valence-corrected chi connectivity index (χ3v) is 4.68. The average molecular weight is 363 g/mol. The number of carbonyl (C=O) groups excluding carboxylic acids is 2. The predicted molar refractivity (Wildman–Crippen MR) is 99.8 cm³/mol. The second kappa shape index (κ2) is 9.43. The van der Waals surface area contributed by atoms with Crippen molar-refractivity contribution in [3.63, 3.8) is 0 Å². The zero-order chi connectivity index (χ0) is 19.1. The van der Waals surface area contributed by atoms with Gasteiger partial charge in [-0.1, -0.05) is 6.92 Å². The number of hydrogen-bond acceptors (Lipinski definition) is 5. The highest BCUT2D eigenvalue weighted by molar-refractivity contribution is 5.95. The number of methoxy groups -OCH3 is 2. The Balaban J connectivity index is 1.89. The molecule has 2 amide bonds. The molecule has 1 atom stereocenters. The summed E-state index contributed by atoms with van der Waals surface area (Å²) >= 11 is 0. The van der Waals surface area contributed by atoms with Gasteiger partial charge in [0.15, 0.2) is 11.5 Å². The summed E-state index contributed by atoms with van der Waals surface area (Å²) in [7, 11) is 3.12. The van der Waals surface area contributed by atoms with Crippen LogP contribution in [0.3, 0.4) is 0 Å². The van der Waals surface area contributed by atoms with Crippen LogP contribution in [-0.2, 0) is 4.79 Å². The normalized spacial score (nSPS) is 16.1. The molecule has 7 heteroatoms. The molecule has 1 aromatic carbocycles. The van der Waals surface area contributed by atoms with Crippen LogP contribution in [0.5, 0.6) is 11.5 Å². The minimum atomic E-state index is -0.0327. The summed E-state index contributed by atoms with van der Waals surface area (Å²) in [6.45, 7) is 7.00. The average Bonchev–Trinajstić information content (AvgIpc) is 2.67. The van der Waals surface area contributed by atoms with Gasteiger partial charge in [-0.15, -0.1) is 0 Å². The third kappa shape index (κ3) is 5.11. The zero-order valence-electron chi connectivity index (χ0n) is 16.1. The number of amides is 2. The van der Waals surface area contributed by atoms with Crippen molar-refractivity contribution in [3.05, 3.63) is 23.8 Å². The van der Waals surface area contributed by atoms with E-state index in [-0.39, 0.29) is 17.9 Å². The SMILES string of the molecule is CCC(C)NC(=O)CN1CCN(C(=O)c2ccc(OC)c(OC)c2)CC1. The maximum atomic E-state index is 12.7. The number of benzene rings is 1. The zero-order valence-corrected chi connectivity index (χ0v) is 16.1. The quantitative estimate of drug-likeness (QED) is 0.792. The number of nitrogens with one attached hydrogen (secondary N) is 1. The predicted octanol–water partition coefficient (Wildman–Crippen LogP) is 1.38. The minimum absolute atomic E-state index is 0.0327. The monoisotopic (exact) mass is 363 g/mol. The largest absolute Gasteiger partial charge is 0.493 e. The van der Waals surface area contributed by atoms with Crippen LogP contribution < -0.4 is 14.8 Å². The first kappa shape index (κ1) is 20.0. The van der Waals surface area contributed by atoms with Gasteiger partial charge in [0.25, 0.3) is 5.91 Å². The third-order valence-electron chi connectivity index (χ3n) is 4.68. The van der Waals surface area contributed by atoms with E-state index in [1.807, 2.05) is 18.7 Å². The van der Waals surface area contributed by atoms with Crippen LogP contribution in [0.1, 0.15) is 30.6 Å². The summed E-state index contributed by atoms with van der Waals surface area (Å²) in [5, 5.41) is 2.97. The number of rotatable bonds is 7. The van der Waals surface area contributed by atoms with Crippen molar-refractivity contribution in [3.8, 4) is 11.5 Å². The molecule has 1 aromatic rings. The van der Waals surface area contributed by atoms with E-state index in [0.29, 0.717) is 49.8 Å². The summed E-state index contributed by atoms with van der Waals surface area (Å²) in [6.07, 6.45) is 0.916. The molecule has 1 aliphatic heterocycles. The Morgan fingerprint density at radius 3 is 2.35 bits per heavy atom. The van der Waals surface area contributed by atoms with Crippen molar-refractivity contribution in [2.45, 2.75) is 26.3 Å². The van der Waals surface area contributed by atoms with Crippen molar-refractivity contribution >= 4 is 11.8 Å². The second-order valence-electron chi connectivity index (χ2n) is 6.51. The highest BCUT2D eigenvalue weighted by atomic mass is 16.5. The topological polar surface area (TPSA) is 71.1 Å². The van der Waals surface area contributed by atoms with Crippen LogP contribution in [0.25, 0.3) is 0 Å². The molecule has 1 saturated heterocycles. The highest BCUT2D eigenvalue weighted by Gasteiger charge is 2.24. The molecule has 1 unspecified atom stereocenters. The molecule has 144 valence electrons. The molecule has 0 radical (unpaired) electrons. The van der Waals surface area contributed by atoms with Gasteiger partial charge < -0.3 is 19.7 Å². The van der Waals surface area contributed by atoms with Gasteiger partial charge in [0.1, 0.15) is 0 Å². The van der Waals surface area contributed by atoms with E-state index in [2.05, 4.69) is 10.2 Å². The molecular formula is C19H29N3O4. The van der Waals surface area contributed by atoms with Gasteiger partial charge in [-0.25, -0.2) is 0 Å². The van der Waals surface area contributed by atoms with E-state index >= 15 is 0 Å². The minimum Gasteiger partial charge on any atom is -0.493 e. The van der Waals surface area contributed by atoms with Gasteiger partial charge in [-0.05, 0) is 31.5 Å². The van der Waals surface area contributed by atoms with Crippen LogP contribution >= 0.6 is 0 Å². The van der Waals surface area contributed by atoms with E-state index in [0.717, 1.165) is 6.42 Å². The number of hydrogen-bond donors (Lipinski definition) is 1. The molecule has 1 fully saturated rings. The van der Waals surface area contributed by atoms with Crippen LogP contribution in [0.2, 0.25) is 0 Å². The number of piperazine rings is 1. The van der Waals surface area contributed by atoms with Gasteiger partial charge in [0.05, 0.1) is 20.8 Å². The smallest absolute Gasteiger partial charge is 0.254 e. The van der Waals surface area contributed by atoms with Gasteiger partial charge in [-0.3, -0.25) is 14.5 Å². The molecule has 1 heterocycles. The molecule has 1 aliphatic rings. The van der Waals surface area contributed by atoms with Crippen LogP contribution in [0.15, 0.2) is 18.2 Å². The molecule has 2 rings (SSSR count). The van der Waals surface area contributed by atoms with E-state index < -0.39 is 0 Å². The molecule has 0 spiro atoms. The maximum Gasteiger partial charge on any atom is 0.254 e. The Bertz CT molecular complexity index is 627. The lowest BCUT2D eigenvalue weighted by molar-refractivity contribution is -0.123. The molecule has 0 bridgehead atoms. The Labute approximate surface area is 155 Å².